The van der Waals surface area contributed by atoms with E-state index in [-0.39, 0.29) is 0 Å². The summed E-state index contributed by atoms with van der Waals surface area (Å²) in [6.07, 6.45) is 5.03. The fraction of sp³-hybridized carbons (Fsp3) is 0.333. The molecule has 90 valence electrons. The van der Waals surface area contributed by atoms with E-state index < -0.39 is 0 Å². The molecule has 1 N–H and O–H groups in total. The Kier molecular flexibility index (Phi) is 4.86. The molecule has 0 aliphatic heterocycles. The maximum absolute atomic E-state index is 5.27. The quantitative estimate of drug-likeness (QED) is 0.738. The van der Waals surface area contributed by atoms with E-state index in [2.05, 4.69) is 35.6 Å². The average molecular weight is 229 g/mol. The Morgan fingerprint density at radius 1 is 0.882 bits per heavy atom. The van der Waals surface area contributed by atoms with Crippen molar-refractivity contribution in [3.05, 3.63) is 60.1 Å². The van der Waals surface area contributed by atoms with Crippen LogP contribution in [0.5, 0.6) is 0 Å². The second kappa shape index (κ2) is 6.92. The minimum Gasteiger partial charge on any atom is -0.469 e. The molecule has 2 nitrogen and oxygen atoms in total. The second-order valence-corrected chi connectivity index (χ2v) is 4.17. The van der Waals surface area contributed by atoms with Crippen LogP contribution in [-0.4, -0.2) is 13.1 Å². The van der Waals surface area contributed by atoms with Crippen LogP contribution < -0.4 is 5.32 Å². The number of hydrogen-bond acceptors (Lipinski definition) is 2. The molecule has 2 heteroatoms. The molecule has 2 aromatic rings. The van der Waals surface area contributed by atoms with Crippen LogP contribution in [0, 0.1) is 0 Å². The lowest BCUT2D eigenvalue weighted by atomic mass is 10.1. The molecule has 0 aliphatic rings. The summed E-state index contributed by atoms with van der Waals surface area (Å²) < 4.78 is 5.27. The zero-order valence-corrected chi connectivity index (χ0v) is 10.1. The first-order valence-electron chi connectivity index (χ1n) is 6.22. The van der Waals surface area contributed by atoms with E-state index in [9.17, 15) is 0 Å². The van der Waals surface area contributed by atoms with E-state index in [0.29, 0.717) is 0 Å². The van der Waals surface area contributed by atoms with Gasteiger partial charge in [-0.15, -0.1) is 0 Å². The minimum absolute atomic E-state index is 0.971. The van der Waals surface area contributed by atoms with Crippen LogP contribution in [0.2, 0.25) is 0 Å². The second-order valence-electron chi connectivity index (χ2n) is 4.17. The van der Waals surface area contributed by atoms with Gasteiger partial charge in [0.1, 0.15) is 5.76 Å². The van der Waals surface area contributed by atoms with Crippen molar-refractivity contribution >= 4 is 0 Å². The van der Waals surface area contributed by atoms with Crippen LogP contribution in [0.15, 0.2) is 53.1 Å². The Morgan fingerprint density at radius 3 is 2.53 bits per heavy atom. The molecule has 0 radical (unpaired) electrons. The molecule has 0 atom stereocenters. The van der Waals surface area contributed by atoms with Crippen LogP contribution in [0.25, 0.3) is 0 Å². The van der Waals surface area contributed by atoms with Crippen molar-refractivity contribution in [2.45, 2.75) is 19.3 Å². The molecular formula is C15H19NO. The summed E-state index contributed by atoms with van der Waals surface area (Å²) in [5, 5.41) is 3.43. The van der Waals surface area contributed by atoms with Gasteiger partial charge >= 0.3 is 0 Å². The van der Waals surface area contributed by atoms with Crippen molar-refractivity contribution < 1.29 is 4.42 Å². The normalized spacial score (nSPS) is 10.6. The Balaban J connectivity index is 1.52. The van der Waals surface area contributed by atoms with E-state index in [1.807, 2.05) is 12.1 Å². The van der Waals surface area contributed by atoms with Crippen molar-refractivity contribution in [3.63, 3.8) is 0 Å². The largest absolute Gasteiger partial charge is 0.469 e. The molecule has 1 aromatic heterocycles. The molecule has 0 saturated heterocycles. The molecular weight excluding hydrogens is 210 g/mol. The molecule has 0 unspecified atom stereocenters. The number of furan rings is 1. The van der Waals surface area contributed by atoms with E-state index in [1.165, 1.54) is 12.0 Å². The summed E-state index contributed by atoms with van der Waals surface area (Å²) in [7, 11) is 0. The van der Waals surface area contributed by atoms with E-state index >= 15 is 0 Å². The average Bonchev–Trinajstić information content (AvgIpc) is 2.88. The molecule has 0 saturated carbocycles. The first-order valence-corrected chi connectivity index (χ1v) is 6.22. The lowest BCUT2D eigenvalue weighted by Gasteiger charge is -2.03. The van der Waals surface area contributed by atoms with Gasteiger partial charge < -0.3 is 9.73 Å². The summed E-state index contributed by atoms with van der Waals surface area (Å²) in [6.45, 7) is 2.05. The van der Waals surface area contributed by atoms with Gasteiger partial charge in [0.25, 0.3) is 0 Å². The number of rotatable bonds is 7. The van der Waals surface area contributed by atoms with Crippen molar-refractivity contribution in [1.82, 2.24) is 5.32 Å². The number of aryl methyl sites for hydroxylation is 1. The fourth-order valence-corrected chi connectivity index (χ4v) is 1.85. The molecule has 0 bridgehead atoms. The van der Waals surface area contributed by atoms with Gasteiger partial charge in [-0.2, -0.15) is 0 Å². The third kappa shape index (κ3) is 4.45. The van der Waals surface area contributed by atoms with Crippen molar-refractivity contribution in [1.29, 1.82) is 0 Å². The van der Waals surface area contributed by atoms with E-state index in [4.69, 9.17) is 4.42 Å². The maximum Gasteiger partial charge on any atom is 0.105 e. The van der Waals surface area contributed by atoms with Crippen molar-refractivity contribution in [2.24, 2.45) is 0 Å². The highest BCUT2D eigenvalue weighted by atomic mass is 16.3. The Morgan fingerprint density at radius 2 is 1.76 bits per heavy atom. The first-order chi connectivity index (χ1) is 8.45. The fourth-order valence-electron chi connectivity index (χ4n) is 1.85. The zero-order valence-electron chi connectivity index (χ0n) is 10.1. The first kappa shape index (κ1) is 11.9. The molecule has 2 rings (SSSR count). The Hall–Kier alpha value is -1.54. The molecule has 17 heavy (non-hydrogen) atoms. The van der Waals surface area contributed by atoms with Gasteiger partial charge in [-0.3, -0.25) is 0 Å². The molecule has 0 spiro atoms. The Labute approximate surface area is 103 Å². The molecule has 0 fully saturated rings. The third-order valence-corrected chi connectivity index (χ3v) is 2.79. The van der Waals surface area contributed by atoms with Crippen LogP contribution >= 0.6 is 0 Å². The summed E-state index contributed by atoms with van der Waals surface area (Å²) in [4.78, 5) is 0. The highest BCUT2D eigenvalue weighted by Crippen LogP contribution is 2.02. The van der Waals surface area contributed by atoms with Gasteiger partial charge in [0.2, 0.25) is 0 Å². The summed E-state index contributed by atoms with van der Waals surface area (Å²) >= 11 is 0. The molecule has 1 heterocycles. The van der Waals surface area contributed by atoms with Gasteiger partial charge in [-0.1, -0.05) is 30.3 Å². The van der Waals surface area contributed by atoms with Crippen molar-refractivity contribution in [2.75, 3.05) is 13.1 Å². The summed E-state index contributed by atoms with van der Waals surface area (Å²) in [5.74, 6) is 1.06. The highest BCUT2D eigenvalue weighted by Gasteiger charge is 1.95. The summed E-state index contributed by atoms with van der Waals surface area (Å²) in [5.41, 5.74) is 1.42. The number of nitrogens with one attached hydrogen (secondary N) is 1. The van der Waals surface area contributed by atoms with E-state index in [0.717, 1.165) is 31.7 Å². The van der Waals surface area contributed by atoms with Gasteiger partial charge in [-0.25, -0.2) is 0 Å². The molecule has 0 aliphatic carbocycles. The lowest BCUT2D eigenvalue weighted by Crippen LogP contribution is -2.18. The van der Waals surface area contributed by atoms with Gasteiger partial charge in [0.05, 0.1) is 6.26 Å². The Bertz CT molecular complexity index is 394. The number of benzene rings is 1. The third-order valence-electron chi connectivity index (χ3n) is 2.79. The minimum atomic E-state index is 0.971. The van der Waals surface area contributed by atoms with Crippen LogP contribution in [0.3, 0.4) is 0 Å². The molecule has 0 amide bonds. The summed E-state index contributed by atoms with van der Waals surface area (Å²) in [6, 6.07) is 14.6. The lowest BCUT2D eigenvalue weighted by molar-refractivity contribution is 0.498. The molecule has 1 aromatic carbocycles. The van der Waals surface area contributed by atoms with Gasteiger partial charge in [-0.05, 0) is 37.1 Å². The highest BCUT2D eigenvalue weighted by molar-refractivity contribution is 5.14. The maximum atomic E-state index is 5.27. The standard InChI is InChI=1S/C15H19NO/c1-2-6-14(7-3-1)8-4-11-16-12-10-15-9-5-13-17-15/h1-3,5-7,9,13,16H,4,8,10-12H2. The van der Waals surface area contributed by atoms with Crippen molar-refractivity contribution in [3.8, 4) is 0 Å². The van der Waals surface area contributed by atoms with E-state index in [1.54, 1.807) is 6.26 Å². The smallest absolute Gasteiger partial charge is 0.105 e. The predicted octanol–water partition coefficient (Wildman–Crippen LogP) is 3.04. The topological polar surface area (TPSA) is 25.2 Å². The van der Waals surface area contributed by atoms with Crippen LogP contribution in [-0.2, 0) is 12.8 Å². The monoisotopic (exact) mass is 229 g/mol. The predicted molar refractivity (Wildman–Crippen MR) is 70.0 cm³/mol. The van der Waals surface area contributed by atoms with Crippen LogP contribution in [0.4, 0.5) is 0 Å². The van der Waals surface area contributed by atoms with Crippen LogP contribution in [0.1, 0.15) is 17.7 Å². The van der Waals surface area contributed by atoms with Gasteiger partial charge in [0.15, 0.2) is 0 Å². The number of hydrogen-bond donors (Lipinski definition) is 1. The van der Waals surface area contributed by atoms with Gasteiger partial charge in [0, 0.05) is 13.0 Å². The zero-order chi connectivity index (χ0) is 11.8. The SMILES string of the molecule is c1ccc(CCCNCCc2ccco2)cc1.